The van der Waals surface area contributed by atoms with E-state index >= 15 is 0 Å². The number of hydrogen-bond acceptors (Lipinski definition) is 3. The first-order valence-corrected chi connectivity index (χ1v) is 7.02. The lowest BCUT2D eigenvalue weighted by Crippen LogP contribution is -2.03. The molecule has 3 nitrogen and oxygen atoms in total. The number of alkyl halides is 2. The average Bonchev–Trinajstić information content (AvgIpc) is 2.06. The quantitative estimate of drug-likeness (QED) is 0.459. The fraction of sp³-hybridized carbons (Fsp3) is 0.286. The van der Waals surface area contributed by atoms with E-state index in [2.05, 4.69) is 4.98 Å². The molecular formula is C7H5ClF2INO2S. The number of hydrogen-bond donors (Lipinski definition) is 0. The Kier molecular flexibility index (Phi) is 3.88. The first kappa shape index (κ1) is 13.0. The maximum atomic E-state index is 12.5. The van der Waals surface area contributed by atoms with Crippen molar-refractivity contribution in [2.24, 2.45) is 0 Å². The van der Waals surface area contributed by atoms with Crippen LogP contribution in [0.5, 0.6) is 0 Å². The van der Waals surface area contributed by atoms with Gasteiger partial charge in [0.2, 0.25) is 0 Å². The van der Waals surface area contributed by atoms with Gasteiger partial charge < -0.3 is 0 Å². The molecule has 0 saturated carbocycles. The Hall–Kier alpha value is -0.0200. The molecule has 0 atom stereocenters. The van der Waals surface area contributed by atoms with Crippen LogP contribution in [-0.4, -0.2) is 13.4 Å². The highest BCUT2D eigenvalue weighted by atomic mass is 127. The molecule has 15 heavy (non-hydrogen) atoms. The fourth-order valence-corrected chi connectivity index (χ4v) is 2.36. The molecule has 84 valence electrons. The van der Waals surface area contributed by atoms with Crippen molar-refractivity contribution in [2.45, 2.75) is 18.4 Å². The van der Waals surface area contributed by atoms with Gasteiger partial charge in [-0.2, -0.15) is 0 Å². The van der Waals surface area contributed by atoms with Gasteiger partial charge in [-0.15, -0.1) is 0 Å². The smallest absolute Gasteiger partial charge is 0.229 e. The van der Waals surface area contributed by atoms with Crippen LogP contribution in [0.15, 0.2) is 11.1 Å². The van der Waals surface area contributed by atoms with Crippen LogP contribution in [0.4, 0.5) is 8.78 Å². The van der Waals surface area contributed by atoms with Gasteiger partial charge in [0.15, 0.2) is 5.03 Å². The van der Waals surface area contributed by atoms with Crippen molar-refractivity contribution in [1.29, 1.82) is 0 Å². The summed E-state index contributed by atoms with van der Waals surface area (Å²) >= 11 is 1.68. The average molecular weight is 368 g/mol. The number of pyridine rings is 1. The van der Waals surface area contributed by atoms with Gasteiger partial charge in [-0.25, -0.2) is 22.2 Å². The minimum absolute atomic E-state index is 0.199. The summed E-state index contributed by atoms with van der Waals surface area (Å²) in [5.74, 6) is 0. The van der Waals surface area contributed by atoms with Crippen LogP contribution < -0.4 is 0 Å². The van der Waals surface area contributed by atoms with E-state index in [0.717, 1.165) is 6.07 Å². The number of aromatic nitrogens is 1. The van der Waals surface area contributed by atoms with Crippen molar-refractivity contribution in [3.63, 3.8) is 0 Å². The zero-order valence-electron chi connectivity index (χ0n) is 7.34. The van der Waals surface area contributed by atoms with Crippen LogP contribution in [0.1, 0.15) is 17.6 Å². The summed E-state index contributed by atoms with van der Waals surface area (Å²) in [6.45, 7) is 1.45. The highest BCUT2D eigenvalue weighted by Crippen LogP contribution is 2.28. The second-order valence-corrected chi connectivity index (χ2v) is 6.24. The molecule has 8 heteroatoms. The van der Waals surface area contributed by atoms with Crippen LogP contribution in [0.3, 0.4) is 0 Å². The number of rotatable bonds is 2. The summed E-state index contributed by atoms with van der Waals surface area (Å²) in [4.78, 5) is 3.62. The molecule has 0 unspecified atom stereocenters. The summed E-state index contributed by atoms with van der Waals surface area (Å²) in [7, 11) is 0.946. The molecule has 0 N–H and O–H groups in total. The third-order valence-corrected chi connectivity index (χ3v) is 3.95. The van der Waals surface area contributed by atoms with E-state index in [1.165, 1.54) is 6.92 Å². The molecule has 0 saturated heterocycles. The van der Waals surface area contributed by atoms with Crippen molar-refractivity contribution < 1.29 is 17.2 Å². The Labute approximate surface area is 103 Å². The molecule has 1 aromatic heterocycles. The van der Waals surface area contributed by atoms with Gasteiger partial charge in [-0.1, -0.05) is 0 Å². The van der Waals surface area contributed by atoms with Crippen molar-refractivity contribution in [3.8, 4) is 0 Å². The highest BCUT2D eigenvalue weighted by Gasteiger charge is 2.20. The second-order valence-electron chi connectivity index (χ2n) is 2.70. The largest absolute Gasteiger partial charge is 0.278 e. The SMILES string of the molecule is Cc1c(C(F)F)cc(S(=O)(=O)Cl)nc1I. The molecule has 0 radical (unpaired) electrons. The Bertz CT molecular complexity index is 492. The zero-order valence-corrected chi connectivity index (χ0v) is 11.1. The summed E-state index contributed by atoms with van der Waals surface area (Å²) in [5.41, 5.74) is -0.108. The maximum absolute atomic E-state index is 12.5. The Morgan fingerprint density at radius 2 is 2.07 bits per heavy atom. The minimum atomic E-state index is -4.08. The van der Waals surface area contributed by atoms with E-state index in [1.54, 1.807) is 22.6 Å². The van der Waals surface area contributed by atoms with Crippen molar-refractivity contribution in [1.82, 2.24) is 4.98 Å². The Morgan fingerprint density at radius 1 is 1.53 bits per heavy atom. The first-order valence-electron chi connectivity index (χ1n) is 3.63. The van der Waals surface area contributed by atoms with Crippen LogP contribution in [0.2, 0.25) is 0 Å². The van der Waals surface area contributed by atoms with Gasteiger partial charge in [0, 0.05) is 16.2 Å². The van der Waals surface area contributed by atoms with Gasteiger partial charge in [0.25, 0.3) is 15.5 Å². The second kappa shape index (κ2) is 4.46. The first-order chi connectivity index (χ1) is 6.73. The molecule has 1 heterocycles. The van der Waals surface area contributed by atoms with E-state index in [9.17, 15) is 17.2 Å². The van der Waals surface area contributed by atoms with E-state index in [4.69, 9.17) is 10.7 Å². The molecule has 0 fully saturated rings. The minimum Gasteiger partial charge on any atom is -0.229 e. The molecule has 0 amide bonds. The van der Waals surface area contributed by atoms with E-state index < -0.39 is 20.5 Å². The van der Waals surface area contributed by atoms with Crippen molar-refractivity contribution in [3.05, 3.63) is 20.9 Å². The molecule has 0 bridgehead atoms. The Balaban J connectivity index is 3.50. The van der Waals surface area contributed by atoms with E-state index in [1.807, 2.05) is 0 Å². The van der Waals surface area contributed by atoms with Crippen LogP contribution in [0, 0.1) is 10.6 Å². The lowest BCUT2D eigenvalue weighted by Gasteiger charge is -2.07. The van der Waals surface area contributed by atoms with Crippen molar-refractivity contribution in [2.75, 3.05) is 0 Å². The zero-order chi connectivity index (χ0) is 11.8. The molecule has 0 aromatic carbocycles. The number of halogens is 4. The summed E-state index contributed by atoms with van der Waals surface area (Å²) in [6, 6.07) is 0.796. The molecule has 1 rings (SSSR count). The summed E-state index contributed by atoms with van der Waals surface area (Å²) in [5, 5.41) is -0.547. The lowest BCUT2D eigenvalue weighted by molar-refractivity contribution is 0.150. The molecule has 0 aliphatic rings. The predicted molar refractivity (Wildman–Crippen MR) is 59.7 cm³/mol. The standard InChI is InChI=1S/C7H5ClF2INO2S/c1-3-4(6(9)10)2-5(12-7(3)11)15(8,13)14/h2,6H,1H3. The third kappa shape index (κ3) is 2.97. The van der Waals surface area contributed by atoms with Crippen LogP contribution in [0.25, 0.3) is 0 Å². The topological polar surface area (TPSA) is 47.0 Å². The highest BCUT2D eigenvalue weighted by molar-refractivity contribution is 14.1. The molecular weight excluding hydrogens is 363 g/mol. The number of nitrogens with zero attached hydrogens (tertiary/aromatic N) is 1. The molecule has 0 aliphatic carbocycles. The van der Waals surface area contributed by atoms with Gasteiger partial charge in [-0.3, -0.25) is 0 Å². The van der Waals surface area contributed by atoms with Gasteiger partial charge in [0.05, 0.1) is 0 Å². The van der Waals surface area contributed by atoms with E-state index in [-0.39, 0.29) is 14.8 Å². The normalized spacial score (nSPS) is 12.1. The molecule has 1 aromatic rings. The Morgan fingerprint density at radius 3 is 2.47 bits per heavy atom. The van der Waals surface area contributed by atoms with Gasteiger partial charge in [0.1, 0.15) is 3.70 Å². The third-order valence-electron chi connectivity index (χ3n) is 1.71. The lowest BCUT2D eigenvalue weighted by atomic mass is 10.2. The summed E-state index contributed by atoms with van der Waals surface area (Å²) in [6.07, 6.45) is -2.75. The molecule has 0 spiro atoms. The van der Waals surface area contributed by atoms with Gasteiger partial charge in [-0.05, 0) is 41.1 Å². The molecule has 0 aliphatic heterocycles. The van der Waals surface area contributed by atoms with Crippen LogP contribution >= 0.6 is 33.3 Å². The summed E-state index contributed by atoms with van der Waals surface area (Å²) < 4.78 is 47.1. The fourth-order valence-electron chi connectivity index (χ4n) is 0.925. The van der Waals surface area contributed by atoms with Gasteiger partial charge >= 0.3 is 0 Å². The van der Waals surface area contributed by atoms with E-state index in [0.29, 0.717) is 0 Å². The van der Waals surface area contributed by atoms with Crippen LogP contribution in [-0.2, 0) is 9.05 Å². The monoisotopic (exact) mass is 367 g/mol. The van der Waals surface area contributed by atoms with Crippen molar-refractivity contribution >= 4 is 42.3 Å². The maximum Gasteiger partial charge on any atom is 0.278 e. The predicted octanol–water partition coefficient (Wildman–Crippen LogP) is 2.86.